The molecule has 0 radical (unpaired) electrons. The topological polar surface area (TPSA) is 0 Å². The Balaban J connectivity index is 2.50. The molecule has 0 amide bonds. The number of hydrogen-bond donors (Lipinski definition) is 0. The van der Waals surface area contributed by atoms with Crippen molar-refractivity contribution in [2.45, 2.75) is 1.94 Å². The molecule has 0 aromatic heterocycles. The molecule has 0 aliphatic carbocycles. The standard InChI is InChI=1S/C6H5.C3H5.Ce/c1-2-4-6-5-3-1;1-3-2;/h1-5H;3H,1-2H2;. The molecule has 0 saturated carbocycles. The Kier molecular flexibility index (Phi) is 4.26. The maximum atomic E-state index is 3.72. The van der Waals surface area contributed by atoms with Gasteiger partial charge in [-0.2, -0.15) is 0 Å². The molecule has 0 bridgehead atoms. The second kappa shape index (κ2) is 5.05. The molecule has 1 aromatic rings. The molecule has 1 rings (SSSR count). The Bertz CT molecular complexity index is 191. The first-order chi connectivity index (χ1) is 4.93. The van der Waals surface area contributed by atoms with E-state index in [1.807, 2.05) is 6.08 Å². The molecule has 50 valence electrons. The van der Waals surface area contributed by atoms with Crippen molar-refractivity contribution in [3.8, 4) is 0 Å². The number of allylic oxidation sites excluding steroid dienone is 1. The van der Waals surface area contributed by atoms with Crippen LogP contribution in [0.3, 0.4) is 0 Å². The van der Waals surface area contributed by atoms with Crippen molar-refractivity contribution in [1.82, 2.24) is 0 Å². The quantitative estimate of drug-likeness (QED) is 0.727. The third-order valence-electron chi connectivity index (χ3n) is 1.22. The van der Waals surface area contributed by atoms with Crippen molar-refractivity contribution < 1.29 is 37.6 Å². The summed E-state index contributed by atoms with van der Waals surface area (Å²) in [6.07, 6.45) is 2.04. The summed E-state index contributed by atoms with van der Waals surface area (Å²) in [5.41, 5.74) is 0. The van der Waals surface area contributed by atoms with Gasteiger partial charge in [-0.05, 0) is 0 Å². The van der Waals surface area contributed by atoms with Crippen LogP contribution in [0.4, 0.5) is 0 Å². The number of hydrogen-bond acceptors (Lipinski definition) is 0. The van der Waals surface area contributed by atoms with Gasteiger partial charge in [0.2, 0.25) is 0 Å². The van der Waals surface area contributed by atoms with E-state index in [1.165, 1.54) is 1.94 Å². The van der Waals surface area contributed by atoms with Gasteiger partial charge in [-0.1, -0.05) is 0 Å². The third kappa shape index (κ3) is 2.95. The van der Waals surface area contributed by atoms with Gasteiger partial charge in [0.05, 0.1) is 0 Å². The zero-order valence-corrected chi connectivity index (χ0v) is 9.02. The Hall–Kier alpha value is 0.337. The summed E-state index contributed by atoms with van der Waals surface area (Å²) < 4.78 is 2.85. The van der Waals surface area contributed by atoms with Crippen LogP contribution in [0.2, 0.25) is 1.94 Å². The fourth-order valence-corrected chi connectivity index (χ4v) is 3.28. The maximum absolute atomic E-state index is 3.72. The van der Waals surface area contributed by atoms with Crippen LogP contribution in [0.1, 0.15) is 0 Å². The van der Waals surface area contributed by atoms with Gasteiger partial charge in [-0.25, -0.2) is 0 Å². The number of benzene rings is 1. The van der Waals surface area contributed by atoms with Crippen molar-refractivity contribution >= 4 is 1.08 Å². The predicted octanol–water partition coefficient (Wildman–Crippen LogP) is 2.00. The summed E-state index contributed by atoms with van der Waals surface area (Å²) >= 11 is -0.487. The van der Waals surface area contributed by atoms with E-state index in [4.69, 9.17) is 0 Å². The fraction of sp³-hybridized carbons (Fsp3) is 0.111. The summed E-state index contributed by atoms with van der Waals surface area (Å²) in [6.45, 7) is 3.72. The van der Waals surface area contributed by atoms with Gasteiger partial charge in [-0.3, -0.25) is 0 Å². The summed E-state index contributed by atoms with van der Waals surface area (Å²) in [5, 5.41) is 0. The molecule has 0 unspecified atom stereocenters. The van der Waals surface area contributed by atoms with E-state index >= 15 is 0 Å². The minimum absolute atomic E-state index is 0.487. The van der Waals surface area contributed by atoms with Crippen LogP contribution in [-0.4, -0.2) is 0 Å². The summed E-state index contributed by atoms with van der Waals surface area (Å²) in [7, 11) is 0. The van der Waals surface area contributed by atoms with Gasteiger partial charge in [0.15, 0.2) is 0 Å². The molecule has 0 aliphatic rings. The van der Waals surface area contributed by atoms with Crippen molar-refractivity contribution in [2.75, 3.05) is 0 Å². The number of rotatable bonds is 3. The zero-order chi connectivity index (χ0) is 7.23. The molecule has 1 aromatic carbocycles. The Labute approximate surface area is 82.6 Å². The molecule has 0 saturated heterocycles. The van der Waals surface area contributed by atoms with Gasteiger partial charge in [0.1, 0.15) is 0 Å². The van der Waals surface area contributed by atoms with Crippen LogP contribution in [-0.2, 0) is 0 Å². The molecule has 0 aliphatic heterocycles. The summed E-state index contributed by atoms with van der Waals surface area (Å²) in [4.78, 5) is 0. The third-order valence-corrected chi connectivity index (χ3v) is 5.10. The Morgan fingerprint density at radius 3 is 2.60 bits per heavy atom. The van der Waals surface area contributed by atoms with E-state index in [2.05, 4.69) is 36.9 Å². The first-order valence-electron chi connectivity index (χ1n) is 3.33. The Morgan fingerprint density at radius 1 is 1.30 bits per heavy atom. The average molecular weight is 258 g/mol. The SMILES string of the molecule is C=C[CH2][Ce][c]1ccccc1. The molecule has 0 nitrogen and oxygen atoms in total. The van der Waals surface area contributed by atoms with E-state index in [9.17, 15) is 0 Å². The van der Waals surface area contributed by atoms with E-state index in [1.54, 1.807) is 1.08 Å². The van der Waals surface area contributed by atoms with E-state index < -0.39 is 37.6 Å². The molecule has 0 spiro atoms. The van der Waals surface area contributed by atoms with Gasteiger partial charge >= 0.3 is 83.6 Å². The van der Waals surface area contributed by atoms with E-state index in [0.29, 0.717) is 0 Å². The van der Waals surface area contributed by atoms with E-state index in [0.717, 1.165) is 0 Å². The normalized spacial score (nSPS) is 8.80. The summed E-state index contributed by atoms with van der Waals surface area (Å²) in [6, 6.07) is 10.8. The monoisotopic (exact) mass is 258 g/mol. The predicted molar refractivity (Wildman–Crippen MR) is 41.1 cm³/mol. The van der Waals surface area contributed by atoms with Crippen molar-refractivity contribution in [3.05, 3.63) is 43.0 Å². The second-order valence-electron chi connectivity index (χ2n) is 2.04. The van der Waals surface area contributed by atoms with Gasteiger partial charge in [-0.15, -0.1) is 0 Å². The van der Waals surface area contributed by atoms with Crippen LogP contribution in [0, 0.1) is 37.6 Å². The van der Waals surface area contributed by atoms with Gasteiger partial charge in [0, 0.05) is 0 Å². The first-order valence-corrected chi connectivity index (χ1v) is 7.12. The first kappa shape index (κ1) is 8.43. The molecule has 0 N–H and O–H groups in total. The molecular weight excluding hydrogens is 248 g/mol. The second-order valence-corrected chi connectivity index (χ2v) is 6.24. The molecule has 0 atom stereocenters. The molecular formula is C9H10Ce. The van der Waals surface area contributed by atoms with Gasteiger partial charge in [0.25, 0.3) is 0 Å². The van der Waals surface area contributed by atoms with Crippen molar-refractivity contribution in [3.63, 3.8) is 0 Å². The fourth-order valence-electron chi connectivity index (χ4n) is 0.746. The van der Waals surface area contributed by atoms with Crippen LogP contribution in [0.25, 0.3) is 0 Å². The van der Waals surface area contributed by atoms with E-state index in [-0.39, 0.29) is 0 Å². The van der Waals surface area contributed by atoms with Crippen LogP contribution in [0.5, 0.6) is 0 Å². The van der Waals surface area contributed by atoms with Crippen LogP contribution in [0.15, 0.2) is 43.0 Å². The van der Waals surface area contributed by atoms with Crippen LogP contribution >= 0.6 is 0 Å². The van der Waals surface area contributed by atoms with Crippen molar-refractivity contribution in [1.29, 1.82) is 0 Å². The average Bonchev–Trinajstić information content (AvgIpc) is 2.03. The molecule has 10 heavy (non-hydrogen) atoms. The van der Waals surface area contributed by atoms with Crippen molar-refractivity contribution in [2.24, 2.45) is 0 Å². The Morgan fingerprint density at radius 2 is 2.00 bits per heavy atom. The molecule has 0 heterocycles. The van der Waals surface area contributed by atoms with Gasteiger partial charge < -0.3 is 0 Å². The minimum atomic E-state index is -0.487. The summed E-state index contributed by atoms with van der Waals surface area (Å²) in [5.74, 6) is 0. The molecule has 0 fully saturated rings. The molecule has 1 heteroatoms. The van der Waals surface area contributed by atoms with Crippen LogP contribution < -0.4 is 1.08 Å². The zero-order valence-electron chi connectivity index (χ0n) is 5.88.